The molecule has 1 N–H and O–H groups in total. The van der Waals surface area contributed by atoms with Crippen LogP contribution in [0.25, 0.3) is 11.3 Å². The zero-order valence-corrected chi connectivity index (χ0v) is 10.7. The van der Waals surface area contributed by atoms with Crippen LogP contribution in [-0.2, 0) is 0 Å². The maximum absolute atomic E-state index is 10.8. The number of carbonyl (C=O) groups is 1. The summed E-state index contributed by atoms with van der Waals surface area (Å²) in [7, 11) is 0. The van der Waals surface area contributed by atoms with Crippen molar-refractivity contribution in [3.8, 4) is 11.3 Å². The van der Waals surface area contributed by atoms with E-state index in [-0.39, 0.29) is 5.56 Å². The Morgan fingerprint density at radius 2 is 1.86 bits per heavy atom. The SMILES string of the molecule is O=C(O)c1ccc(-c2ccc(/C=N\n3cnnc3)o2)cc1. The average molecular weight is 282 g/mol. The third-order valence-corrected chi connectivity index (χ3v) is 2.77. The van der Waals surface area contributed by atoms with Gasteiger partial charge in [-0.3, -0.25) is 0 Å². The number of carboxylic acid groups (broad SMARTS) is 1. The largest absolute Gasteiger partial charge is 0.478 e. The quantitative estimate of drug-likeness (QED) is 0.740. The summed E-state index contributed by atoms with van der Waals surface area (Å²) in [6.45, 7) is 0. The van der Waals surface area contributed by atoms with Crippen molar-refractivity contribution < 1.29 is 14.3 Å². The Kier molecular flexibility index (Phi) is 3.30. The lowest BCUT2D eigenvalue weighted by Gasteiger charge is -1.98. The maximum atomic E-state index is 10.8. The summed E-state index contributed by atoms with van der Waals surface area (Å²) in [5, 5.41) is 20.2. The van der Waals surface area contributed by atoms with E-state index in [2.05, 4.69) is 15.3 Å². The van der Waals surface area contributed by atoms with E-state index in [1.807, 2.05) is 0 Å². The first kappa shape index (κ1) is 12.8. The van der Waals surface area contributed by atoms with Gasteiger partial charge >= 0.3 is 5.97 Å². The maximum Gasteiger partial charge on any atom is 0.335 e. The predicted molar refractivity (Wildman–Crippen MR) is 74.1 cm³/mol. The summed E-state index contributed by atoms with van der Waals surface area (Å²) in [6.07, 6.45) is 4.47. The molecule has 3 aromatic rings. The minimum atomic E-state index is -0.956. The van der Waals surface area contributed by atoms with Gasteiger partial charge in [-0.05, 0) is 24.3 Å². The molecule has 7 heteroatoms. The molecule has 1 aromatic carbocycles. The van der Waals surface area contributed by atoms with Crippen LogP contribution in [0.3, 0.4) is 0 Å². The van der Waals surface area contributed by atoms with E-state index >= 15 is 0 Å². The highest BCUT2D eigenvalue weighted by Crippen LogP contribution is 2.22. The molecule has 0 atom stereocenters. The fourth-order valence-corrected chi connectivity index (χ4v) is 1.73. The van der Waals surface area contributed by atoms with Gasteiger partial charge in [0.1, 0.15) is 24.2 Å². The van der Waals surface area contributed by atoms with Crippen molar-refractivity contribution in [2.75, 3.05) is 0 Å². The van der Waals surface area contributed by atoms with Crippen molar-refractivity contribution in [1.29, 1.82) is 0 Å². The van der Waals surface area contributed by atoms with Gasteiger partial charge in [-0.15, -0.1) is 10.2 Å². The Bertz CT molecular complexity index is 773. The highest BCUT2D eigenvalue weighted by atomic mass is 16.4. The Morgan fingerprint density at radius 3 is 2.52 bits per heavy atom. The molecule has 0 spiro atoms. The number of aromatic nitrogens is 3. The fraction of sp³-hybridized carbons (Fsp3) is 0. The van der Waals surface area contributed by atoms with Crippen LogP contribution in [0.15, 0.2) is 58.6 Å². The number of hydrogen-bond donors (Lipinski definition) is 1. The summed E-state index contributed by atoms with van der Waals surface area (Å²) < 4.78 is 7.07. The Morgan fingerprint density at radius 1 is 1.14 bits per heavy atom. The van der Waals surface area contributed by atoms with Crippen molar-refractivity contribution in [3.63, 3.8) is 0 Å². The monoisotopic (exact) mass is 282 g/mol. The van der Waals surface area contributed by atoms with Gasteiger partial charge < -0.3 is 9.52 Å². The van der Waals surface area contributed by atoms with Gasteiger partial charge in [0.15, 0.2) is 0 Å². The molecule has 0 aliphatic rings. The van der Waals surface area contributed by atoms with Gasteiger partial charge in [0.2, 0.25) is 0 Å². The summed E-state index contributed by atoms with van der Waals surface area (Å²) in [5.41, 5.74) is 1.03. The number of aromatic carboxylic acids is 1. The lowest BCUT2D eigenvalue weighted by molar-refractivity contribution is 0.0697. The van der Waals surface area contributed by atoms with Crippen LogP contribution >= 0.6 is 0 Å². The number of hydrogen-bond acceptors (Lipinski definition) is 5. The topological polar surface area (TPSA) is 93.5 Å². The van der Waals surface area contributed by atoms with E-state index in [9.17, 15) is 4.79 Å². The molecule has 104 valence electrons. The molecule has 0 amide bonds. The lowest BCUT2D eigenvalue weighted by atomic mass is 10.1. The second kappa shape index (κ2) is 5.41. The predicted octanol–water partition coefficient (Wildman–Crippen LogP) is 2.12. The van der Waals surface area contributed by atoms with Gasteiger partial charge in [0.05, 0.1) is 11.8 Å². The van der Waals surface area contributed by atoms with Crippen LogP contribution < -0.4 is 0 Å². The Hall–Kier alpha value is -3.22. The molecule has 0 bridgehead atoms. The molecule has 0 saturated heterocycles. The van der Waals surface area contributed by atoms with E-state index in [4.69, 9.17) is 9.52 Å². The van der Waals surface area contributed by atoms with E-state index in [1.165, 1.54) is 29.5 Å². The van der Waals surface area contributed by atoms with Crippen molar-refractivity contribution in [3.05, 3.63) is 60.4 Å². The number of nitrogens with zero attached hydrogens (tertiary/aromatic N) is 4. The van der Waals surface area contributed by atoms with E-state index < -0.39 is 5.97 Å². The van der Waals surface area contributed by atoms with Crippen LogP contribution in [0.5, 0.6) is 0 Å². The molecular formula is C14H10N4O3. The third kappa shape index (κ3) is 2.86. The normalized spacial score (nSPS) is 11.0. The molecule has 0 radical (unpaired) electrons. The highest BCUT2D eigenvalue weighted by molar-refractivity contribution is 5.88. The van der Waals surface area contributed by atoms with Crippen LogP contribution in [0.4, 0.5) is 0 Å². The second-order valence-corrected chi connectivity index (χ2v) is 4.17. The molecule has 0 saturated carbocycles. The third-order valence-electron chi connectivity index (χ3n) is 2.77. The molecule has 0 fully saturated rings. The zero-order chi connectivity index (χ0) is 14.7. The van der Waals surface area contributed by atoms with Gasteiger partial charge in [0.25, 0.3) is 0 Å². The van der Waals surface area contributed by atoms with E-state index in [0.29, 0.717) is 11.5 Å². The van der Waals surface area contributed by atoms with Crippen molar-refractivity contribution in [2.24, 2.45) is 5.10 Å². The van der Waals surface area contributed by atoms with E-state index in [1.54, 1.807) is 30.5 Å². The molecule has 0 aliphatic carbocycles. The first-order valence-electron chi connectivity index (χ1n) is 6.05. The number of benzene rings is 1. The van der Waals surface area contributed by atoms with Crippen LogP contribution in [0, 0.1) is 0 Å². The lowest BCUT2D eigenvalue weighted by Crippen LogP contribution is -1.94. The molecule has 0 aliphatic heterocycles. The van der Waals surface area contributed by atoms with Crippen molar-refractivity contribution >= 4 is 12.2 Å². The number of rotatable bonds is 4. The standard InChI is InChI=1S/C14H10N4O3/c19-14(20)11-3-1-10(2-4-11)13-6-5-12(21-13)7-17-18-8-15-16-9-18/h1-9H,(H,19,20)/b17-7-. The Balaban J connectivity index is 1.79. The van der Waals surface area contributed by atoms with Gasteiger partial charge in [0, 0.05) is 5.56 Å². The highest BCUT2D eigenvalue weighted by Gasteiger charge is 2.06. The summed E-state index contributed by atoms with van der Waals surface area (Å²) in [4.78, 5) is 10.8. The molecule has 2 heterocycles. The molecule has 21 heavy (non-hydrogen) atoms. The van der Waals surface area contributed by atoms with Crippen LogP contribution in [0.1, 0.15) is 16.1 Å². The van der Waals surface area contributed by atoms with Crippen molar-refractivity contribution in [2.45, 2.75) is 0 Å². The Labute approximate surface area is 119 Å². The van der Waals surface area contributed by atoms with Gasteiger partial charge in [-0.1, -0.05) is 12.1 Å². The molecular weight excluding hydrogens is 272 g/mol. The van der Waals surface area contributed by atoms with Gasteiger partial charge in [-0.25, -0.2) is 9.47 Å². The first-order chi connectivity index (χ1) is 10.2. The second-order valence-electron chi connectivity index (χ2n) is 4.17. The van der Waals surface area contributed by atoms with Crippen LogP contribution in [-0.4, -0.2) is 32.2 Å². The molecule has 2 aromatic heterocycles. The number of carboxylic acids is 1. The van der Waals surface area contributed by atoms with E-state index in [0.717, 1.165) is 5.56 Å². The zero-order valence-electron chi connectivity index (χ0n) is 10.7. The first-order valence-corrected chi connectivity index (χ1v) is 6.05. The van der Waals surface area contributed by atoms with Gasteiger partial charge in [-0.2, -0.15) is 5.10 Å². The molecule has 3 rings (SSSR count). The van der Waals surface area contributed by atoms with Crippen LogP contribution in [0.2, 0.25) is 0 Å². The van der Waals surface area contributed by atoms with Crippen molar-refractivity contribution in [1.82, 2.24) is 14.9 Å². The minimum Gasteiger partial charge on any atom is -0.478 e. The summed E-state index contributed by atoms with van der Waals surface area (Å²) in [5.74, 6) is 0.251. The fourth-order valence-electron chi connectivity index (χ4n) is 1.73. The average Bonchev–Trinajstić information content (AvgIpc) is 3.17. The molecule has 0 unspecified atom stereocenters. The minimum absolute atomic E-state index is 0.236. The molecule has 7 nitrogen and oxygen atoms in total. The number of furan rings is 1. The summed E-state index contributed by atoms with van der Waals surface area (Å²) in [6, 6.07) is 10.0. The smallest absolute Gasteiger partial charge is 0.335 e. The summed E-state index contributed by atoms with van der Waals surface area (Å²) >= 11 is 0.